The minimum atomic E-state index is 0.972. The minimum Gasteiger partial charge on any atom is -0.369 e. The lowest BCUT2D eigenvalue weighted by Crippen LogP contribution is -2.04. The summed E-state index contributed by atoms with van der Waals surface area (Å²) in [5.74, 6) is 1.13. The maximum absolute atomic E-state index is 4.97. The molecule has 5 rings (SSSR count). The van der Waals surface area contributed by atoms with Crippen molar-refractivity contribution in [2.24, 2.45) is 0 Å². The van der Waals surface area contributed by atoms with Crippen molar-refractivity contribution in [2.45, 2.75) is 13.3 Å². The molecule has 4 aromatic rings. The molecule has 0 saturated heterocycles. The van der Waals surface area contributed by atoms with E-state index in [9.17, 15) is 0 Å². The van der Waals surface area contributed by atoms with Gasteiger partial charge < -0.3 is 5.32 Å². The summed E-state index contributed by atoms with van der Waals surface area (Å²) in [7, 11) is 0. The lowest BCUT2D eigenvalue weighted by atomic mass is 10.0. The topological polar surface area (TPSA) is 29.9 Å². The van der Waals surface area contributed by atoms with E-state index in [4.69, 9.17) is 5.10 Å². The third-order valence-electron chi connectivity index (χ3n) is 4.92. The molecule has 0 spiro atoms. The van der Waals surface area contributed by atoms with E-state index in [-0.39, 0.29) is 0 Å². The number of hydrogen-bond acceptors (Lipinski definition) is 2. The first-order chi connectivity index (χ1) is 12.3. The lowest BCUT2D eigenvalue weighted by Gasteiger charge is -2.07. The van der Waals surface area contributed by atoms with Crippen molar-refractivity contribution in [3.63, 3.8) is 0 Å². The zero-order chi connectivity index (χ0) is 16.8. The number of nitrogens with one attached hydrogen (secondary N) is 1. The molecule has 0 aliphatic carbocycles. The average Bonchev–Trinajstić information content (AvgIpc) is 3.24. The Morgan fingerprint density at radius 1 is 0.920 bits per heavy atom. The van der Waals surface area contributed by atoms with Crippen LogP contribution in [0.4, 0.5) is 5.82 Å². The number of nitrogens with zero attached hydrogens (tertiary/aromatic N) is 2. The van der Waals surface area contributed by atoms with Crippen LogP contribution in [-0.2, 0) is 6.42 Å². The molecular formula is C22H19N3. The van der Waals surface area contributed by atoms with Crippen LogP contribution in [0.1, 0.15) is 11.1 Å². The molecule has 0 saturated carbocycles. The van der Waals surface area contributed by atoms with Crippen LogP contribution in [0.25, 0.3) is 27.7 Å². The highest BCUT2D eigenvalue weighted by atomic mass is 15.3. The Bertz CT molecular complexity index is 1090. The van der Waals surface area contributed by atoms with E-state index in [1.807, 2.05) is 0 Å². The van der Waals surface area contributed by atoms with Crippen LogP contribution in [0.15, 0.2) is 66.7 Å². The number of fused-ring (bicyclic) bond motifs is 2. The third kappa shape index (κ3) is 2.31. The van der Waals surface area contributed by atoms with Crippen molar-refractivity contribution < 1.29 is 0 Å². The summed E-state index contributed by atoms with van der Waals surface area (Å²) in [6.07, 6.45) is 1.02. The second kappa shape index (κ2) is 5.49. The smallest absolute Gasteiger partial charge is 0.133 e. The zero-order valence-electron chi connectivity index (χ0n) is 14.2. The molecule has 1 N–H and O–H groups in total. The van der Waals surface area contributed by atoms with Crippen molar-refractivity contribution in [3.05, 3.63) is 77.9 Å². The van der Waals surface area contributed by atoms with E-state index in [1.165, 1.54) is 27.5 Å². The number of aryl methyl sites for hydroxylation is 1. The first kappa shape index (κ1) is 14.3. The lowest BCUT2D eigenvalue weighted by molar-refractivity contribution is 0.881. The fraction of sp³-hybridized carbons (Fsp3) is 0.136. The van der Waals surface area contributed by atoms with Gasteiger partial charge in [-0.2, -0.15) is 5.10 Å². The van der Waals surface area contributed by atoms with Crippen LogP contribution in [-0.4, -0.2) is 16.3 Å². The number of aromatic nitrogens is 2. The first-order valence-electron chi connectivity index (χ1n) is 8.71. The Morgan fingerprint density at radius 2 is 1.80 bits per heavy atom. The molecule has 3 heteroatoms. The third-order valence-corrected chi connectivity index (χ3v) is 4.92. The molecule has 0 atom stereocenters. The molecule has 2 heterocycles. The second-order valence-electron chi connectivity index (χ2n) is 6.67. The molecule has 3 aromatic carbocycles. The molecule has 122 valence electrons. The van der Waals surface area contributed by atoms with Gasteiger partial charge in [-0.25, -0.2) is 4.68 Å². The van der Waals surface area contributed by atoms with Crippen molar-refractivity contribution in [1.29, 1.82) is 0 Å². The van der Waals surface area contributed by atoms with Crippen molar-refractivity contribution in [1.82, 2.24) is 9.78 Å². The molecule has 25 heavy (non-hydrogen) atoms. The summed E-state index contributed by atoms with van der Waals surface area (Å²) < 4.78 is 2.06. The first-order valence-corrected chi connectivity index (χ1v) is 8.71. The Hall–Kier alpha value is -3.07. The maximum Gasteiger partial charge on any atom is 0.133 e. The Morgan fingerprint density at radius 3 is 2.68 bits per heavy atom. The molecule has 0 unspecified atom stereocenters. The van der Waals surface area contributed by atoms with E-state index in [1.54, 1.807) is 0 Å². The molecule has 1 aromatic heterocycles. The van der Waals surface area contributed by atoms with Crippen molar-refractivity contribution in [3.8, 4) is 16.9 Å². The standard InChI is InChI=1S/C22H19N3/c1-15-5-4-8-19(13-15)25-22-20(11-12-23-22)21(24-25)18-10-9-16-6-2-3-7-17(16)14-18/h2-10,13-14,23H,11-12H2,1H3. The van der Waals surface area contributed by atoms with E-state index in [0.717, 1.165) is 30.2 Å². The van der Waals surface area contributed by atoms with Crippen LogP contribution in [0.3, 0.4) is 0 Å². The highest BCUT2D eigenvalue weighted by Crippen LogP contribution is 2.35. The number of benzene rings is 3. The molecule has 0 fully saturated rings. The largest absolute Gasteiger partial charge is 0.369 e. The average molecular weight is 325 g/mol. The summed E-state index contributed by atoms with van der Waals surface area (Å²) in [4.78, 5) is 0. The van der Waals surface area contributed by atoms with Crippen LogP contribution < -0.4 is 5.32 Å². The summed E-state index contributed by atoms with van der Waals surface area (Å²) in [6, 6.07) is 23.6. The van der Waals surface area contributed by atoms with Gasteiger partial charge >= 0.3 is 0 Å². The summed E-state index contributed by atoms with van der Waals surface area (Å²) in [5, 5.41) is 11.0. The molecular weight excluding hydrogens is 306 g/mol. The van der Waals surface area contributed by atoms with Crippen LogP contribution in [0.5, 0.6) is 0 Å². The van der Waals surface area contributed by atoms with Crippen LogP contribution in [0, 0.1) is 6.92 Å². The van der Waals surface area contributed by atoms with Gasteiger partial charge in [0.15, 0.2) is 0 Å². The second-order valence-corrected chi connectivity index (χ2v) is 6.67. The summed E-state index contributed by atoms with van der Waals surface area (Å²) in [5.41, 5.74) is 5.94. The highest BCUT2D eigenvalue weighted by Gasteiger charge is 2.24. The van der Waals surface area contributed by atoms with E-state index in [0.29, 0.717) is 0 Å². The van der Waals surface area contributed by atoms with Crippen molar-refractivity contribution in [2.75, 3.05) is 11.9 Å². The van der Waals surface area contributed by atoms with Crippen LogP contribution >= 0.6 is 0 Å². The van der Waals surface area contributed by atoms with Gasteiger partial charge in [-0.1, -0.05) is 48.5 Å². The normalized spacial score (nSPS) is 13.0. The summed E-state index contributed by atoms with van der Waals surface area (Å²) in [6.45, 7) is 3.09. The number of hydrogen-bond donors (Lipinski definition) is 1. The zero-order valence-corrected chi connectivity index (χ0v) is 14.2. The molecule has 0 amide bonds. The molecule has 3 nitrogen and oxygen atoms in total. The van der Waals surface area contributed by atoms with Gasteiger partial charge in [-0.15, -0.1) is 0 Å². The van der Waals surface area contributed by atoms with E-state index >= 15 is 0 Å². The number of rotatable bonds is 2. The monoisotopic (exact) mass is 325 g/mol. The van der Waals surface area contributed by atoms with E-state index in [2.05, 4.69) is 83.7 Å². The molecule has 1 aliphatic heterocycles. The SMILES string of the molecule is Cc1cccc(-n2nc(-c3ccc4ccccc4c3)c3c2NCC3)c1. The summed E-state index contributed by atoms with van der Waals surface area (Å²) >= 11 is 0. The Labute approximate surface area is 146 Å². The van der Waals surface area contributed by atoms with Gasteiger partial charge in [-0.05, 0) is 47.9 Å². The quantitative estimate of drug-likeness (QED) is 0.564. The van der Waals surface area contributed by atoms with Gasteiger partial charge in [0.05, 0.1) is 11.4 Å². The minimum absolute atomic E-state index is 0.972. The molecule has 0 radical (unpaired) electrons. The highest BCUT2D eigenvalue weighted by molar-refractivity contribution is 5.88. The number of anilines is 1. The van der Waals surface area contributed by atoms with Gasteiger partial charge in [-0.3, -0.25) is 0 Å². The maximum atomic E-state index is 4.97. The van der Waals surface area contributed by atoms with Crippen molar-refractivity contribution >= 4 is 16.6 Å². The van der Waals surface area contributed by atoms with Gasteiger partial charge in [0.1, 0.15) is 5.82 Å². The fourth-order valence-corrected chi connectivity index (χ4v) is 3.69. The molecule has 0 bridgehead atoms. The molecule has 1 aliphatic rings. The van der Waals surface area contributed by atoms with Gasteiger partial charge in [0, 0.05) is 17.7 Å². The van der Waals surface area contributed by atoms with Gasteiger partial charge in [0.2, 0.25) is 0 Å². The predicted molar refractivity (Wildman–Crippen MR) is 103 cm³/mol. The van der Waals surface area contributed by atoms with Crippen LogP contribution in [0.2, 0.25) is 0 Å². The Kier molecular flexibility index (Phi) is 3.14. The predicted octanol–water partition coefficient (Wildman–Crippen LogP) is 4.97. The van der Waals surface area contributed by atoms with Gasteiger partial charge in [0.25, 0.3) is 0 Å². The Balaban J connectivity index is 1.70. The van der Waals surface area contributed by atoms with E-state index < -0.39 is 0 Å². The fourth-order valence-electron chi connectivity index (χ4n) is 3.69.